The lowest BCUT2D eigenvalue weighted by Crippen LogP contribution is -2.24. The van der Waals surface area contributed by atoms with Gasteiger partial charge in [0, 0.05) is 12.7 Å². The number of hydrogen-bond acceptors (Lipinski definition) is 3. The van der Waals surface area contributed by atoms with Crippen LogP contribution in [0, 0.1) is 0 Å². The summed E-state index contributed by atoms with van der Waals surface area (Å²) >= 11 is 6.07. The quantitative estimate of drug-likeness (QED) is 0.770. The lowest BCUT2D eigenvalue weighted by atomic mass is 10.1. The fraction of sp³-hybridized carbons (Fsp3) is 0.158. The average Bonchev–Trinajstić information content (AvgIpc) is 2.63. The van der Waals surface area contributed by atoms with Gasteiger partial charge in [-0.25, -0.2) is 0 Å². The van der Waals surface area contributed by atoms with E-state index in [0.717, 1.165) is 5.52 Å². The van der Waals surface area contributed by atoms with Crippen LogP contribution < -0.4 is 15.5 Å². The summed E-state index contributed by atoms with van der Waals surface area (Å²) in [6.07, 6.45) is 1.57. The molecule has 1 heterocycles. The molecule has 6 heteroatoms. The summed E-state index contributed by atoms with van der Waals surface area (Å²) in [6, 6.07) is 12.1. The predicted octanol–water partition coefficient (Wildman–Crippen LogP) is 3.94. The number of rotatable bonds is 4. The third kappa shape index (κ3) is 3.23. The molecule has 0 saturated heterocycles. The predicted molar refractivity (Wildman–Crippen MR) is 99.8 cm³/mol. The molecule has 128 valence electrons. The Morgan fingerprint density at radius 2 is 2.00 bits per heavy atom. The third-order valence-electron chi connectivity index (χ3n) is 3.99. The monoisotopic (exact) mass is 356 g/mol. The highest BCUT2D eigenvalue weighted by atomic mass is 35.5. The van der Waals surface area contributed by atoms with Crippen LogP contribution in [-0.4, -0.2) is 17.6 Å². The maximum absolute atomic E-state index is 12.8. The first kappa shape index (κ1) is 17.0. The van der Waals surface area contributed by atoms with Crippen molar-refractivity contribution in [2.75, 3.05) is 12.4 Å². The number of benzene rings is 2. The molecule has 1 N–H and O–H groups in total. The maximum Gasteiger partial charge on any atom is 0.261 e. The molecule has 0 spiro atoms. The Labute approximate surface area is 149 Å². The van der Waals surface area contributed by atoms with Gasteiger partial charge in [-0.3, -0.25) is 9.59 Å². The van der Waals surface area contributed by atoms with Gasteiger partial charge in [0.25, 0.3) is 5.91 Å². The molecule has 0 fully saturated rings. The summed E-state index contributed by atoms with van der Waals surface area (Å²) in [5.41, 5.74) is 0.927. The first-order valence-electron chi connectivity index (χ1n) is 7.82. The number of methoxy groups -OCH3 is 1. The number of pyridine rings is 1. The third-order valence-corrected chi connectivity index (χ3v) is 4.32. The summed E-state index contributed by atoms with van der Waals surface area (Å²) in [7, 11) is 1.54. The molecule has 2 aromatic carbocycles. The van der Waals surface area contributed by atoms with Gasteiger partial charge in [-0.05, 0) is 37.3 Å². The smallest absolute Gasteiger partial charge is 0.261 e. The van der Waals surface area contributed by atoms with Crippen LogP contribution in [0.4, 0.5) is 5.69 Å². The molecule has 0 unspecified atom stereocenters. The number of hydrogen-bond donors (Lipinski definition) is 1. The Morgan fingerprint density at radius 1 is 1.24 bits per heavy atom. The molecular formula is C19H17ClN2O3. The minimum Gasteiger partial charge on any atom is -0.497 e. The maximum atomic E-state index is 12.8. The lowest BCUT2D eigenvalue weighted by molar-refractivity contribution is 0.102. The Morgan fingerprint density at radius 3 is 2.68 bits per heavy atom. The number of nitrogens with one attached hydrogen (secondary N) is 1. The van der Waals surface area contributed by atoms with Gasteiger partial charge in [0.05, 0.1) is 28.7 Å². The van der Waals surface area contributed by atoms with Crippen LogP contribution in [0.1, 0.15) is 17.3 Å². The van der Waals surface area contributed by atoms with Crippen LogP contribution in [0.5, 0.6) is 5.75 Å². The highest BCUT2D eigenvalue weighted by molar-refractivity contribution is 6.33. The zero-order valence-electron chi connectivity index (χ0n) is 13.9. The number of halogens is 1. The zero-order valence-corrected chi connectivity index (χ0v) is 14.6. The van der Waals surface area contributed by atoms with Crippen LogP contribution >= 0.6 is 11.6 Å². The fourth-order valence-electron chi connectivity index (χ4n) is 2.68. The van der Waals surface area contributed by atoms with Crippen LogP contribution in [0.2, 0.25) is 5.02 Å². The molecule has 0 radical (unpaired) electrons. The fourth-order valence-corrected chi connectivity index (χ4v) is 2.86. The summed E-state index contributed by atoms with van der Waals surface area (Å²) in [5.74, 6) is 0.0703. The average molecular weight is 357 g/mol. The Balaban J connectivity index is 2.12. The van der Waals surface area contributed by atoms with Crippen molar-refractivity contribution in [3.8, 4) is 5.75 Å². The summed E-state index contributed by atoms with van der Waals surface area (Å²) in [6.45, 7) is 2.57. The van der Waals surface area contributed by atoms with Gasteiger partial charge in [0.15, 0.2) is 0 Å². The van der Waals surface area contributed by atoms with Crippen LogP contribution in [0.15, 0.2) is 53.5 Å². The van der Waals surface area contributed by atoms with Gasteiger partial charge in [0.2, 0.25) is 5.43 Å². The molecule has 0 atom stereocenters. The molecule has 1 amide bonds. The number of para-hydroxylation sites is 1. The molecule has 25 heavy (non-hydrogen) atoms. The van der Waals surface area contributed by atoms with Crippen molar-refractivity contribution in [2.24, 2.45) is 0 Å². The molecular weight excluding hydrogens is 340 g/mol. The van der Waals surface area contributed by atoms with Gasteiger partial charge >= 0.3 is 0 Å². The topological polar surface area (TPSA) is 60.3 Å². The van der Waals surface area contributed by atoms with E-state index in [-0.39, 0.29) is 11.0 Å². The summed E-state index contributed by atoms with van der Waals surface area (Å²) in [5, 5.41) is 3.55. The van der Waals surface area contributed by atoms with Crippen LogP contribution in [0.3, 0.4) is 0 Å². The molecule has 1 aromatic heterocycles. The first-order chi connectivity index (χ1) is 12.0. The number of amides is 1. The van der Waals surface area contributed by atoms with E-state index in [4.69, 9.17) is 16.3 Å². The molecule has 0 aliphatic heterocycles. The van der Waals surface area contributed by atoms with Crippen molar-refractivity contribution in [3.63, 3.8) is 0 Å². The lowest BCUT2D eigenvalue weighted by Gasteiger charge is -2.13. The number of carbonyl (C=O) groups excluding carboxylic acids is 1. The normalized spacial score (nSPS) is 10.7. The van der Waals surface area contributed by atoms with Gasteiger partial charge in [-0.2, -0.15) is 0 Å². The van der Waals surface area contributed by atoms with E-state index in [2.05, 4.69) is 5.32 Å². The van der Waals surface area contributed by atoms with Gasteiger partial charge < -0.3 is 14.6 Å². The van der Waals surface area contributed by atoms with Crippen LogP contribution in [0.25, 0.3) is 10.9 Å². The first-order valence-corrected chi connectivity index (χ1v) is 8.20. The van der Waals surface area contributed by atoms with E-state index in [9.17, 15) is 9.59 Å². The Kier molecular flexibility index (Phi) is 4.76. The van der Waals surface area contributed by atoms with Crippen molar-refractivity contribution in [2.45, 2.75) is 13.5 Å². The standard InChI is InChI=1S/C19H17ClN2O3/c1-3-22-11-14(19(24)21-16-7-5-4-6-15(16)20)18(23)13-10-12(25-2)8-9-17(13)22/h4-11H,3H2,1-2H3,(H,21,24). The minimum absolute atomic E-state index is 0.0579. The number of aromatic nitrogens is 1. The molecule has 0 bridgehead atoms. The Hall–Kier alpha value is -2.79. The molecule has 3 rings (SSSR count). The number of ether oxygens (including phenoxy) is 1. The van der Waals surface area contributed by atoms with E-state index in [0.29, 0.717) is 28.4 Å². The second-order valence-electron chi connectivity index (χ2n) is 5.47. The molecule has 0 saturated carbocycles. The van der Waals surface area contributed by atoms with Crippen molar-refractivity contribution in [3.05, 3.63) is 69.5 Å². The van der Waals surface area contributed by atoms with Gasteiger partial charge in [-0.15, -0.1) is 0 Å². The summed E-state index contributed by atoms with van der Waals surface area (Å²) in [4.78, 5) is 25.5. The number of nitrogens with zero attached hydrogens (tertiary/aromatic N) is 1. The number of fused-ring (bicyclic) bond motifs is 1. The molecule has 0 aliphatic rings. The largest absolute Gasteiger partial charge is 0.497 e. The van der Waals surface area contributed by atoms with Crippen LogP contribution in [-0.2, 0) is 6.54 Å². The zero-order chi connectivity index (χ0) is 18.0. The van der Waals surface area contributed by atoms with Crippen molar-refractivity contribution in [1.29, 1.82) is 0 Å². The highest BCUT2D eigenvalue weighted by Crippen LogP contribution is 2.22. The van der Waals surface area contributed by atoms with Crippen molar-refractivity contribution in [1.82, 2.24) is 4.57 Å². The number of aryl methyl sites for hydroxylation is 1. The van der Waals surface area contributed by atoms with Crippen molar-refractivity contribution >= 4 is 34.1 Å². The molecule has 5 nitrogen and oxygen atoms in total. The van der Waals surface area contributed by atoms with Crippen molar-refractivity contribution < 1.29 is 9.53 Å². The highest BCUT2D eigenvalue weighted by Gasteiger charge is 2.16. The Bertz CT molecular complexity index is 1010. The molecule has 0 aliphatic carbocycles. The van der Waals surface area contributed by atoms with E-state index in [1.54, 1.807) is 42.6 Å². The SMILES string of the molecule is CCn1cc(C(=O)Nc2ccccc2Cl)c(=O)c2cc(OC)ccc21. The van der Waals surface area contributed by atoms with E-state index >= 15 is 0 Å². The van der Waals surface area contributed by atoms with Gasteiger partial charge in [-0.1, -0.05) is 23.7 Å². The second kappa shape index (κ2) is 6.99. The molecule has 3 aromatic rings. The minimum atomic E-state index is -0.495. The van der Waals surface area contributed by atoms with E-state index in [1.807, 2.05) is 17.6 Å². The van der Waals surface area contributed by atoms with Gasteiger partial charge in [0.1, 0.15) is 11.3 Å². The number of carbonyl (C=O) groups is 1. The second-order valence-corrected chi connectivity index (χ2v) is 5.88. The summed E-state index contributed by atoms with van der Waals surface area (Å²) < 4.78 is 7.06. The van der Waals surface area contributed by atoms with E-state index < -0.39 is 5.91 Å². The van der Waals surface area contributed by atoms with E-state index in [1.165, 1.54) is 7.11 Å². The number of anilines is 1.